The van der Waals surface area contributed by atoms with Crippen molar-refractivity contribution >= 4 is 18.3 Å². The first kappa shape index (κ1) is 18.8. The summed E-state index contributed by atoms with van der Waals surface area (Å²) in [4.78, 5) is 14.1. The first-order valence-corrected chi connectivity index (χ1v) is 7.73. The summed E-state index contributed by atoms with van der Waals surface area (Å²) in [5.41, 5.74) is 9.26. The molecule has 1 aliphatic rings. The number of ether oxygens (including phenoxy) is 1. The van der Waals surface area contributed by atoms with E-state index in [4.69, 9.17) is 10.5 Å². The Kier molecular flexibility index (Phi) is 7.17. The average molecular weight is 327 g/mol. The van der Waals surface area contributed by atoms with Crippen molar-refractivity contribution in [3.05, 3.63) is 28.8 Å². The average Bonchev–Trinajstić information content (AvgIpc) is 2.92. The van der Waals surface area contributed by atoms with Gasteiger partial charge in [0.2, 0.25) is 5.91 Å². The predicted octanol–water partition coefficient (Wildman–Crippen LogP) is 2.75. The van der Waals surface area contributed by atoms with Gasteiger partial charge >= 0.3 is 0 Å². The van der Waals surface area contributed by atoms with E-state index in [1.54, 1.807) is 0 Å². The minimum atomic E-state index is 0. The minimum absolute atomic E-state index is 0. The highest BCUT2D eigenvalue weighted by molar-refractivity contribution is 5.85. The third kappa shape index (κ3) is 4.37. The molecule has 5 heteroatoms. The maximum atomic E-state index is 12.2. The standard InChI is InChI=1S/C17H26N2O2.ClH/c1-12-9-13(2)14(3)16(10-12)21-8-6-17(20)19-7-4-5-15(19)11-18;/h9-10,15H,4-8,11,18H2,1-3H3;1H. The van der Waals surface area contributed by atoms with Gasteiger partial charge in [-0.05, 0) is 56.4 Å². The van der Waals surface area contributed by atoms with Gasteiger partial charge in [0, 0.05) is 19.1 Å². The molecule has 0 aliphatic carbocycles. The first-order valence-electron chi connectivity index (χ1n) is 7.73. The molecule has 1 amide bonds. The highest BCUT2D eigenvalue weighted by Gasteiger charge is 2.27. The lowest BCUT2D eigenvalue weighted by Gasteiger charge is -2.23. The summed E-state index contributed by atoms with van der Waals surface area (Å²) in [6.45, 7) is 8.01. The van der Waals surface area contributed by atoms with Crippen LogP contribution in [0.3, 0.4) is 0 Å². The number of benzene rings is 1. The smallest absolute Gasteiger partial charge is 0.226 e. The molecular formula is C17H27ClN2O2. The predicted molar refractivity (Wildman–Crippen MR) is 91.8 cm³/mol. The van der Waals surface area contributed by atoms with E-state index in [2.05, 4.69) is 26.8 Å². The first-order chi connectivity index (χ1) is 10.0. The Balaban J connectivity index is 0.00000242. The fourth-order valence-corrected chi connectivity index (χ4v) is 2.95. The molecule has 1 aromatic rings. The molecule has 1 aromatic carbocycles. The third-order valence-corrected chi connectivity index (χ3v) is 4.31. The molecule has 1 fully saturated rings. The van der Waals surface area contributed by atoms with Gasteiger partial charge in [-0.15, -0.1) is 12.4 Å². The molecular weight excluding hydrogens is 300 g/mol. The van der Waals surface area contributed by atoms with Crippen LogP contribution in [0.5, 0.6) is 5.75 Å². The summed E-state index contributed by atoms with van der Waals surface area (Å²) < 4.78 is 5.82. The molecule has 0 radical (unpaired) electrons. The van der Waals surface area contributed by atoms with E-state index < -0.39 is 0 Å². The highest BCUT2D eigenvalue weighted by atomic mass is 35.5. The fraction of sp³-hybridized carbons (Fsp3) is 0.588. The Morgan fingerprint density at radius 1 is 1.36 bits per heavy atom. The van der Waals surface area contributed by atoms with Gasteiger partial charge in [0.15, 0.2) is 0 Å². The molecule has 1 atom stereocenters. The van der Waals surface area contributed by atoms with Gasteiger partial charge in [0.05, 0.1) is 13.0 Å². The van der Waals surface area contributed by atoms with E-state index in [9.17, 15) is 4.79 Å². The van der Waals surface area contributed by atoms with Gasteiger partial charge in [-0.1, -0.05) is 6.07 Å². The molecule has 4 nitrogen and oxygen atoms in total. The van der Waals surface area contributed by atoms with Crippen molar-refractivity contribution in [3.8, 4) is 5.75 Å². The lowest BCUT2D eigenvalue weighted by molar-refractivity contribution is -0.132. The second-order valence-corrected chi connectivity index (χ2v) is 5.92. The van der Waals surface area contributed by atoms with Crippen LogP contribution in [-0.2, 0) is 4.79 Å². The molecule has 0 aromatic heterocycles. The monoisotopic (exact) mass is 326 g/mol. The van der Waals surface area contributed by atoms with Crippen molar-refractivity contribution in [1.82, 2.24) is 4.90 Å². The minimum Gasteiger partial charge on any atom is -0.493 e. The Bertz CT molecular complexity index is 520. The van der Waals surface area contributed by atoms with Crippen molar-refractivity contribution in [2.45, 2.75) is 46.1 Å². The number of nitrogens with zero attached hydrogens (tertiary/aromatic N) is 1. The molecule has 0 spiro atoms. The van der Waals surface area contributed by atoms with Crippen molar-refractivity contribution in [2.75, 3.05) is 19.7 Å². The maximum Gasteiger partial charge on any atom is 0.226 e. The number of aryl methyl sites for hydroxylation is 2. The summed E-state index contributed by atoms with van der Waals surface area (Å²) in [5.74, 6) is 1.04. The fourth-order valence-electron chi connectivity index (χ4n) is 2.95. The molecule has 2 N–H and O–H groups in total. The van der Waals surface area contributed by atoms with Crippen LogP contribution in [0.1, 0.15) is 36.0 Å². The number of carbonyl (C=O) groups excluding carboxylic acids is 1. The molecule has 2 rings (SSSR count). The van der Waals surface area contributed by atoms with Crippen molar-refractivity contribution in [2.24, 2.45) is 5.73 Å². The molecule has 1 unspecified atom stereocenters. The largest absolute Gasteiger partial charge is 0.493 e. The summed E-state index contributed by atoms with van der Waals surface area (Å²) >= 11 is 0. The lowest BCUT2D eigenvalue weighted by atomic mass is 10.1. The molecule has 0 bridgehead atoms. The van der Waals surface area contributed by atoms with E-state index in [0.717, 1.165) is 30.7 Å². The van der Waals surface area contributed by atoms with Crippen LogP contribution in [0.25, 0.3) is 0 Å². The van der Waals surface area contributed by atoms with Crippen LogP contribution in [0.4, 0.5) is 0 Å². The number of halogens is 1. The van der Waals surface area contributed by atoms with Gasteiger partial charge in [-0.3, -0.25) is 4.79 Å². The van der Waals surface area contributed by atoms with Gasteiger partial charge < -0.3 is 15.4 Å². The van der Waals surface area contributed by atoms with E-state index >= 15 is 0 Å². The van der Waals surface area contributed by atoms with Crippen molar-refractivity contribution in [3.63, 3.8) is 0 Å². The van der Waals surface area contributed by atoms with Crippen LogP contribution in [0, 0.1) is 20.8 Å². The van der Waals surface area contributed by atoms with Gasteiger partial charge in [0.25, 0.3) is 0 Å². The summed E-state index contributed by atoms with van der Waals surface area (Å²) in [5, 5.41) is 0. The van der Waals surface area contributed by atoms with Crippen molar-refractivity contribution < 1.29 is 9.53 Å². The molecule has 124 valence electrons. The van der Waals surface area contributed by atoms with Gasteiger partial charge in [-0.25, -0.2) is 0 Å². The number of nitrogens with two attached hydrogens (primary N) is 1. The highest BCUT2D eigenvalue weighted by Crippen LogP contribution is 2.23. The van der Waals surface area contributed by atoms with E-state index in [0.29, 0.717) is 19.6 Å². The van der Waals surface area contributed by atoms with E-state index in [1.165, 1.54) is 11.1 Å². The number of hydrogen-bond donors (Lipinski definition) is 1. The Morgan fingerprint density at radius 2 is 2.09 bits per heavy atom. The SMILES string of the molecule is Cc1cc(C)c(C)c(OCCC(=O)N2CCCC2CN)c1.Cl. The molecule has 1 aliphatic heterocycles. The number of carbonyl (C=O) groups is 1. The summed E-state index contributed by atoms with van der Waals surface area (Å²) in [7, 11) is 0. The van der Waals surface area contributed by atoms with E-state index in [1.807, 2.05) is 11.0 Å². The molecule has 1 saturated heterocycles. The number of amides is 1. The molecule has 22 heavy (non-hydrogen) atoms. The second kappa shape index (κ2) is 8.39. The van der Waals surface area contributed by atoms with Crippen LogP contribution >= 0.6 is 12.4 Å². The molecule has 0 saturated carbocycles. The Labute approximate surface area is 139 Å². The molecule has 1 heterocycles. The van der Waals surface area contributed by atoms with Crippen LogP contribution in [-0.4, -0.2) is 36.5 Å². The third-order valence-electron chi connectivity index (χ3n) is 4.31. The van der Waals surface area contributed by atoms with E-state index in [-0.39, 0.29) is 24.4 Å². The lowest BCUT2D eigenvalue weighted by Crippen LogP contribution is -2.40. The van der Waals surface area contributed by atoms with Gasteiger partial charge in [-0.2, -0.15) is 0 Å². The zero-order valence-corrected chi connectivity index (χ0v) is 14.5. The topological polar surface area (TPSA) is 55.6 Å². The van der Waals surface area contributed by atoms with Gasteiger partial charge in [0.1, 0.15) is 5.75 Å². The number of likely N-dealkylation sites (tertiary alicyclic amines) is 1. The normalized spacial score (nSPS) is 17.3. The number of rotatable bonds is 5. The Morgan fingerprint density at radius 3 is 2.77 bits per heavy atom. The van der Waals surface area contributed by atoms with Crippen molar-refractivity contribution in [1.29, 1.82) is 0 Å². The summed E-state index contributed by atoms with van der Waals surface area (Å²) in [6, 6.07) is 4.40. The zero-order chi connectivity index (χ0) is 15.4. The Hall–Kier alpha value is -1.26. The van der Waals surface area contributed by atoms with Crippen LogP contribution < -0.4 is 10.5 Å². The second-order valence-electron chi connectivity index (χ2n) is 5.92. The number of hydrogen-bond acceptors (Lipinski definition) is 3. The quantitative estimate of drug-likeness (QED) is 0.905. The van der Waals surface area contributed by atoms with Crippen LogP contribution in [0.15, 0.2) is 12.1 Å². The summed E-state index contributed by atoms with van der Waals surface area (Å²) in [6.07, 6.45) is 2.51. The van der Waals surface area contributed by atoms with Crippen LogP contribution in [0.2, 0.25) is 0 Å². The zero-order valence-electron chi connectivity index (χ0n) is 13.7. The maximum absolute atomic E-state index is 12.2.